The smallest absolute Gasteiger partial charge is 0.137 e. The number of nitrogens with one attached hydrogen (secondary N) is 1. The van der Waals surface area contributed by atoms with Gasteiger partial charge in [-0.2, -0.15) is 0 Å². The van der Waals surface area contributed by atoms with Gasteiger partial charge < -0.3 is 10.1 Å². The molecule has 0 amide bonds. The van der Waals surface area contributed by atoms with Gasteiger partial charge in [-0.05, 0) is 59.9 Å². The number of halogens is 2. The second kappa shape index (κ2) is 8.62. The van der Waals surface area contributed by atoms with Crippen molar-refractivity contribution >= 4 is 15.9 Å². The second-order valence-electron chi connectivity index (χ2n) is 4.32. The van der Waals surface area contributed by atoms with Crippen LogP contribution in [0.3, 0.4) is 0 Å². The lowest BCUT2D eigenvalue weighted by atomic mass is 10.1. The van der Waals surface area contributed by atoms with E-state index < -0.39 is 0 Å². The highest BCUT2D eigenvalue weighted by Gasteiger charge is 2.07. The minimum Gasteiger partial charge on any atom is -0.381 e. The molecule has 2 nitrogen and oxygen atoms in total. The molecule has 1 aromatic rings. The Bertz CT molecular complexity index is 360. The Labute approximate surface area is 117 Å². The van der Waals surface area contributed by atoms with E-state index in [2.05, 4.69) is 35.1 Å². The molecular weight excluding hydrogens is 297 g/mol. The summed E-state index contributed by atoms with van der Waals surface area (Å²) < 4.78 is 19.0. The number of benzene rings is 1. The predicted octanol–water partition coefficient (Wildman–Crippen LogP) is 4.06. The molecule has 0 spiro atoms. The fourth-order valence-corrected chi connectivity index (χ4v) is 2.04. The molecule has 1 rings (SSSR count). The van der Waals surface area contributed by atoms with Gasteiger partial charge in [0.2, 0.25) is 0 Å². The third kappa shape index (κ3) is 5.46. The van der Waals surface area contributed by atoms with Crippen LogP contribution < -0.4 is 5.32 Å². The van der Waals surface area contributed by atoms with Crippen LogP contribution in [0.1, 0.15) is 38.3 Å². The quantitative estimate of drug-likeness (QED) is 0.730. The molecule has 0 aliphatic rings. The maximum absolute atomic E-state index is 13.1. The van der Waals surface area contributed by atoms with E-state index in [-0.39, 0.29) is 11.9 Å². The van der Waals surface area contributed by atoms with Crippen molar-refractivity contribution in [2.75, 3.05) is 19.8 Å². The van der Waals surface area contributed by atoms with Crippen molar-refractivity contribution in [1.82, 2.24) is 5.32 Å². The van der Waals surface area contributed by atoms with E-state index in [1.807, 2.05) is 12.1 Å². The highest BCUT2D eigenvalue weighted by molar-refractivity contribution is 9.10. The van der Waals surface area contributed by atoms with E-state index in [1.54, 1.807) is 0 Å². The van der Waals surface area contributed by atoms with E-state index in [4.69, 9.17) is 4.74 Å². The molecule has 0 saturated heterocycles. The van der Waals surface area contributed by atoms with Crippen LogP contribution in [0.25, 0.3) is 0 Å². The van der Waals surface area contributed by atoms with Gasteiger partial charge in [-0.15, -0.1) is 0 Å². The summed E-state index contributed by atoms with van der Waals surface area (Å²) in [5, 5.41) is 3.40. The van der Waals surface area contributed by atoms with Gasteiger partial charge in [0.1, 0.15) is 5.82 Å². The van der Waals surface area contributed by atoms with Crippen molar-refractivity contribution < 1.29 is 9.13 Å². The van der Waals surface area contributed by atoms with Crippen LogP contribution in [-0.4, -0.2) is 19.8 Å². The van der Waals surface area contributed by atoms with Crippen molar-refractivity contribution in [3.8, 4) is 0 Å². The molecule has 0 aromatic heterocycles. The molecule has 18 heavy (non-hydrogen) atoms. The standard InChI is InChI=1S/C14H21BrFNO/c1-3-8-18-9-4-7-17-11(2)12-5-6-14(16)13(15)10-12/h5-6,10-11,17H,3-4,7-9H2,1-2H3. The summed E-state index contributed by atoms with van der Waals surface area (Å²) in [6, 6.07) is 5.33. The number of hydrogen-bond acceptors (Lipinski definition) is 2. The molecule has 102 valence electrons. The van der Waals surface area contributed by atoms with Crippen molar-refractivity contribution in [2.24, 2.45) is 0 Å². The summed E-state index contributed by atoms with van der Waals surface area (Å²) in [4.78, 5) is 0. The third-order valence-electron chi connectivity index (χ3n) is 2.71. The average molecular weight is 318 g/mol. The normalized spacial score (nSPS) is 12.7. The van der Waals surface area contributed by atoms with Gasteiger partial charge in [0.05, 0.1) is 4.47 Å². The molecular formula is C14H21BrFNO. The zero-order chi connectivity index (χ0) is 13.4. The van der Waals surface area contributed by atoms with Gasteiger partial charge >= 0.3 is 0 Å². The number of rotatable bonds is 8. The Balaban J connectivity index is 2.27. The van der Waals surface area contributed by atoms with Crippen molar-refractivity contribution in [2.45, 2.75) is 32.7 Å². The molecule has 0 heterocycles. The molecule has 0 aliphatic heterocycles. The Hall–Kier alpha value is -0.450. The first-order valence-electron chi connectivity index (χ1n) is 6.41. The Kier molecular flexibility index (Phi) is 7.47. The van der Waals surface area contributed by atoms with Gasteiger partial charge in [0.15, 0.2) is 0 Å². The summed E-state index contributed by atoms with van der Waals surface area (Å²) in [5.41, 5.74) is 1.08. The second-order valence-corrected chi connectivity index (χ2v) is 5.17. The Morgan fingerprint density at radius 1 is 1.39 bits per heavy atom. The summed E-state index contributed by atoms with van der Waals surface area (Å²) in [6.07, 6.45) is 2.06. The lowest BCUT2D eigenvalue weighted by molar-refractivity contribution is 0.132. The molecule has 0 bridgehead atoms. The van der Waals surface area contributed by atoms with Crippen LogP contribution in [0.4, 0.5) is 4.39 Å². The van der Waals surface area contributed by atoms with E-state index in [1.165, 1.54) is 6.07 Å². The first kappa shape index (κ1) is 15.6. The maximum Gasteiger partial charge on any atom is 0.137 e. The summed E-state index contributed by atoms with van der Waals surface area (Å²) >= 11 is 3.20. The Morgan fingerprint density at radius 3 is 2.83 bits per heavy atom. The molecule has 1 atom stereocenters. The predicted molar refractivity (Wildman–Crippen MR) is 76.2 cm³/mol. The average Bonchev–Trinajstić information content (AvgIpc) is 2.36. The maximum atomic E-state index is 13.1. The van der Waals surface area contributed by atoms with Crippen LogP contribution in [0.2, 0.25) is 0 Å². The number of ether oxygens (including phenoxy) is 1. The lowest BCUT2D eigenvalue weighted by Gasteiger charge is -2.14. The molecule has 1 N–H and O–H groups in total. The van der Waals surface area contributed by atoms with E-state index >= 15 is 0 Å². The minimum absolute atomic E-state index is 0.216. The zero-order valence-corrected chi connectivity index (χ0v) is 12.6. The van der Waals surface area contributed by atoms with E-state index in [9.17, 15) is 4.39 Å². The molecule has 1 aromatic carbocycles. The lowest BCUT2D eigenvalue weighted by Crippen LogP contribution is -2.21. The molecule has 4 heteroatoms. The van der Waals surface area contributed by atoms with Gasteiger partial charge in [0, 0.05) is 19.3 Å². The number of hydrogen-bond donors (Lipinski definition) is 1. The summed E-state index contributed by atoms with van der Waals surface area (Å²) in [5.74, 6) is -0.223. The fraction of sp³-hybridized carbons (Fsp3) is 0.571. The summed E-state index contributed by atoms with van der Waals surface area (Å²) in [6.45, 7) is 6.71. The van der Waals surface area contributed by atoms with Crippen LogP contribution >= 0.6 is 15.9 Å². The first-order valence-corrected chi connectivity index (χ1v) is 7.20. The first-order chi connectivity index (χ1) is 8.65. The van der Waals surface area contributed by atoms with E-state index in [0.29, 0.717) is 4.47 Å². The van der Waals surface area contributed by atoms with Crippen molar-refractivity contribution in [3.05, 3.63) is 34.1 Å². The van der Waals surface area contributed by atoms with Crippen LogP contribution in [0.5, 0.6) is 0 Å². The van der Waals surface area contributed by atoms with Crippen molar-refractivity contribution in [1.29, 1.82) is 0 Å². The highest BCUT2D eigenvalue weighted by atomic mass is 79.9. The molecule has 0 fully saturated rings. The van der Waals surface area contributed by atoms with Gasteiger partial charge in [-0.1, -0.05) is 13.0 Å². The van der Waals surface area contributed by atoms with Crippen LogP contribution in [-0.2, 0) is 4.74 Å². The molecule has 0 saturated carbocycles. The zero-order valence-electron chi connectivity index (χ0n) is 11.0. The van der Waals surface area contributed by atoms with Gasteiger partial charge in [0.25, 0.3) is 0 Å². The molecule has 1 unspecified atom stereocenters. The van der Waals surface area contributed by atoms with Gasteiger partial charge in [-0.3, -0.25) is 0 Å². The monoisotopic (exact) mass is 317 g/mol. The fourth-order valence-electron chi connectivity index (χ4n) is 1.64. The van der Waals surface area contributed by atoms with Crippen LogP contribution in [0.15, 0.2) is 22.7 Å². The largest absolute Gasteiger partial charge is 0.381 e. The van der Waals surface area contributed by atoms with E-state index in [0.717, 1.165) is 38.2 Å². The minimum atomic E-state index is -0.223. The molecule has 0 radical (unpaired) electrons. The SMILES string of the molecule is CCCOCCCNC(C)c1ccc(F)c(Br)c1. The van der Waals surface area contributed by atoms with Crippen molar-refractivity contribution in [3.63, 3.8) is 0 Å². The topological polar surface area (TPSA) is 21.3 Å². The molecule has 0 aliphatic carbocycles. The third-order valence-corrected chi connectivity index (χ3v) is 3.32. The summed E-state index contributed by atoms with van der Waals surface area (Å²) in [7, 11) is 0. The highest BCUT2D eigenvalue weighted by Crippen LogP contribution is 2.21. The Morgan fingerprint density at radius 2 is 2.17 bits per heavy atom. The van der Waals surface area contributed by atoms with Crippen LogP contribution in [0, 0.1) is 5.82 Å². The van der Waals surface area contributed by atoms with Gasteiger partial charge in [-0.25, -0.2) is 4.39 Å².